The van der Waals surface area contributed by atoms with E-state index in [-0.39, 0.29) is 18.4 Å². The van der Waals surface area contributed by atoms with Crippen molar-refractivity contribution in [2.75, 3.05) is 32.7 Å². The second-order valence-corrected chi connectivity index (χ2v) is 6.21. The molecule has 2 heterocycles. The minimum atomic E-state index is 0.125. The molecule has 0 spiro atoms. The van der Waals surface area contributed by atoms with Crippen LogP contribution in [0.15, 0.2) is 0 Å². The normalized spacial score (nSPS) is 23.8. The Bertz CT molecular complexity index is 353. The van der Waals surface area contributed by atoms with Gasteiger partial charge >= 0.3 is 0 Å². The second-order valence-electron chi connectivity index (χ2n) is 6.21. The second kappa shape index (κ2) is 8.37. The van der Waals surface area contributed by atoms with Gasteiger partial charge in [0, 0.05) is 32.1 Å². The van der Waals surface area contributed by atoms with E-state index in [0.717, 1.165) is 58.3 Å². The van der Waals surface area contributed by atoms with Crippen LogP contribution in [0, 0.1) is 0 Å². The first kappa shape index (κ1) is 16.3. The number of carbonyl (C=O) groups is 2. The van der Waals surface area contributed by atoms with Gasteiger partial charge in [0.05, 0.1) is 6.54 Å². The smallest absolute Gasteiger partial charge is 0.242 e. The largest absolute Gasteiger partial charge is 0.337 e. The fraction of sp³-hybridized carbons (Fsp3) is 0.875. The van der Waals surface area contributed by atoms with Crippen LogP contribution in [0.25, 0.3) is 0 Å². The average molecular weight is 295 g/mol. The fourth-order valence-electron chi connectivity index (χ4n) is 3.29. The molecule has 0 aromatic rings. The van der Waals surface area contributed by atoms with Crippen molar-refractivity contribution in [2.45, 2.75) is 57.9 Å². The molecule has 1 N–H and O–H groups in total. The van der Waals surface area contributed by atoms with Crippen LogP contribution in [0.2, 0.25) is 0 Å². The van der Waals surface area contributed by atoms with Gasteiger partial charge < -0.3 is 15.1 Å². The first-order valence-electron chi connectivity index (χ1n) is 8.50. The highest BCUT2D eigenvalue weighted by Crippen LogP contribution is 2.14. The molecule has 0 radical (unpaired) electrons. The van der Waals surface area contributed by atoms with Crippen molar-refractivity contribution >= 4 is 11.8 Å². The summed E-state index contributed by atoms with van der Waals surface area (Å²) in [5, 5.41) is 3.32. The lowest BCUT2D eigenvalue weighted by Crippen LogP contribution is -2.48. The van der Waals surface area contributed by atoms with Crippen molar-refractivity contribution in [3.8, 4) is 0 Å². The van der Waals surface area contributed by atoms with E-state index in [0.29, 0.717) is 12.5 Å². The summed E-state index contributed by atoms with van der Waals surface area (Å²) in [6.45, 7) is 5.79. The van der Waals surface area contributed by atoms with E-state index >= 15 is 0 Å². The third-order valence-corrected chi connectivity index (χ3v) is 4.51. The zero-order valence-corrected chi connectivity index (χ0v) is 13.3. The van der Waals surface area contributed by atoms with E-state index in [1.807, 2.05) is 4.90 Å². The lowest BCUT2D eigenvalue weighted by atomic mass is 10.1. The van der Waals surface area contributed by atoms with Gasteiger partial charge in [-0.15, -0.1) is 0 Å². The van der Waals surface area contributed by atoms with Crippen molar-refractivity contribution in [3.63, 3.8) is 0 Å². The summed E-state index contributed by atoms with van der Waals surface area (Å²) in [7, 11) is 0. The maximum atomic E-state index is 12.6. The summed E-state index contributed by atoms with van der Waals surface area (Å²) < 4.78 is 0. The molecular weight excluding hydrogens is 266 g/mol. The van der Waals surface area contributed by atoms with Gasteiger partial charge in [-0.3, -0.25) is 9.59 Å². The molecule has 5 heteroatoms. The summed E-state index contributed by atoms with van der Waals surface area (Å²) in [6, 6.07) is 0.308. The molecule has 5 nitrogen and oxygen atoms in total. The lowest BCUT2D eigenvalue weighted by Gasteiger charge is -2.32. The van der Waals surface area contributed by atoms with Crippen LogP contribution in [0.5, 0.6) is 0 Å². The van der Waals surface area contributed by atoms with Gasteiger partial charge in [-0.25, -0.2) is 0 Å². The number of carbonyl (C=O) groups excluding carboxylic acids is 2. The Morgan fingerprint density at radius 2 is 2.14 bits per heavy atom. The highest BCUT2D eigenvalue weighted by atomic mass is 16.2. The number of hydrogen-bond acceptors (Lipinski definition) is 3. The summed E-state index contributed by atoms with van der Waals surface area (Å²) in [5.74, 6) is 0.281. The van der Waals surface area contributed by atoms with E-state index in [1.54, 1.807) is 4.90 Å². The number of likely N-dealkylation sites (tertiary alicyclic amines) is 1. The summed E-state index contributed by atoms with van der Waals surface area (Å²) >= 11 is 0. The first-order chi connectivity index (χ1) is 10.2. The Balaban J connectivity index is 1.93. The van der Waals surface area contributed by atoms with Gasteiger partial charge in [-0.05, 0) is 32.2 Å². The third-order valence-electron chi connectivity index (χ3n) is 4.51. The lowest BCUT2D eigenvalue weighted by molar-refractivity contribution is -0.142. The van der Waals surface area contributed by atoms with Crippen LogP contribution in [-0.2, 0) is 9.59 Å². The monoisotopic (exact) mass is 295 g/mol. The summed E-state index contributed by atoms with van der Waals surface area (Å²) in [6.07, 6.45) is 6.90. The average Bonchev–Trinajstić information content (AvgIpc) is 2.98. The zero-order chi connectivity index (χ0) is 15.1. The number of hydrogen-bond donors (Lipinski definition) is 1. The van der Waals surface area contributed by atoms with Crippen molar-refractivity contribution in [1.29, 1.82) is 0 Å². The van der Waals surface area contributed by atoms with E-state index < -0.39 is 0 Å². The van der Waals surface area contributed by atoms with E-state index in [2.05, 4.69) is 12.2 Å². The van der Waals surface area contributed by atoms with Crippen molar-refractivity contribution in [1.82, 2.24) is 15.1 Å². The standard InChI is InChI=1S/C16H29N3O2/c1-2-10-19(14-8-9-17-12-14)16(21)13-18-11-6-4-3-5-7-15(18)20/h14,17H,2-13H2,1H3. The Morgan fingerprint density at radius 1 is 1.33 bits per heavy atom. The van der Waals surface area contributed by atoms with Gasteiger partial charge in [-0.1, -0.05) is 19.8 Å². The third kappa shape index (κ3) is 4.70. The molecule has 1 atom stereocenters. The molecule has 0 aliphatic carbocycles. The van der Waals surface area contributed by atoms with E-state index in [1.165, 1.54) is 6.42 Å². The van der Waals surface area contributed by atoms with Crippen LogP contribution < -0.4 is 5.32 Å². The molecule has 2 saturated heterocycles. The maximum Gasteiger partial charge on any atom is 0.242 e. The van der Waals surface area contributed by atoms with Gasteiger partial charge in [0.15, 0.2) is 0 Å². The van der Waals surface area contributed by atoms with Crippen LogP contribution >= 0.6 is 0 Å². The van der Waals surface area contributed by atoms with Crippen LogP contribution in [0.3, 0.4) is 0 Å². The molecule has 2 fully saturated rings. The minimum Gasteiger partial charge on any atom is -0.337 e. The van der Waals surface area contributed by atoms with Crippen LogP contribution in [-0.4, -0.2) is 60.4 Å². The summed E-state index contributed by atoms with van der Waals surface area (Å²) in [4.78, 5) is 28.6. The predicted octanol–water partition coefficient (Wildman–Crippen LogP) is 1.38. The molecule has 2 amide bonds. The number of rotatable bonds is 5. The molecule has 2 aliphatic rings. The quantitative estimate of drug-likeness (QED) is 0.833. The number of amides is 2. The van der Waals surface area contributed by atoms with Crippen LogP contribution in [0.4, 0.5) is 0 Å². The maximum absolute atomic E-state index is 12.6. The highest BCUT2D eigenvalue weighted by molar-refractivity contribution is 5.85. The predicted molar refractivity (Wildman–Crippen MR) is 82.9 cm³/mol. The Kier molecular flexibility index (Phi) is 6.49. The number of nitrogens with one attached hydrogen (secondary N) is 1. The Labute approximate surface area is 128 Å². The Morgan fingerprint density at radius 3 is 2.86 bits per heavy atom. The highest BCUT2D eigenvalue weighted by Gasteiger charge is 2.28. The molecule has 120 valence electrons. The molecule has 0 aromatic carbocycles. The summed E-state index contributed by atoms with van der Waals surface area (Å²) in [5.41, 5.74) is 0. The van der Waals surface area contributed by atoms with Gasteiger partial charge in [0.25, 0.3) is 0 Å². The first-order valence-corrected chi connectivity index (χ1v) is 8.50. The zero-order valence-electron chi connectivity index (χ0n) is 13.3. The van der Waals surface area contributed by atoms with Gasteiger partial charge in [0.1, 0.15) is 0 Å². The topological polar surface area (TPSA) is 52.7 Å². The molecule has 0 aromatic heterocycles. The van der Waals surface area contributed by atoms with E-state index in [4.69, 9.17) is 0 Å². The molecule has 21 heavy (non-hydrogen) atoms. The van der Waals surface area contributed by atoms with Crippen LogP contribution in [0.1, 0.15) is 51.9 Å². The SMILES string of the molecule is CCCN(C(=O)CN1CCCCCCC1=O)C1CCNC1. The van der Waals surface area contributed by atoms with Crippen molar-refractivity contribution < 1.29 is 9.59 Å². The fourth-order valence-corrected chi connectivity index (χ4v) is 3.29. The van der Waals surface area contributed by atoms with Crippen molar-refractivity contribution in [2.24, 2.45) is 0 Å². The van der Waals surface area contributed by atoms with E-state index in [9.17, 15) is 9.59 Å². The molecule has 0 saturated carbocycles. The molecule has 2 rings (SSSR count). The molecular formula is C16H29N3O2. The Hall–Kier alpha value is -1.10. The number of nitrogens with zero attached hydrogens (tertiary/aromatic N) is 2. The molecule has 0 bridgehead atoms. The molecule has 1 unspecified atom stereocenters. The van der Waals surface area contributed by atoms with Gasteiger partial charge in [0.2, 0.25) is 11.8 Å². The van der Waals surface area contributed by atoms with Gasteiger partial charge in [-0.2, -0.15) is 0 Å². The molecule has 2 aliphatic heterocycles. The van der Waals surface area contributed by atoms with Crippen molar-refractivity contribution in [3.05, 3.63) is 0 Å². The minimum absolute atomic E-state index is 0.125.